The molecule has 1 rings (SSSR count). The third-order valence-electron chi connectivity index (χ3n) is 0.826. The minimum Gasteiger partial charge on any atom is -0.498 e. The maximum Gasteiger partial charge on any atom is 0.376 e. The Bertz CT molecular complexity index is 330. The van der Waals surface area contributed by atoms with E-state index in [4.69, 9.17) is 20.0 Å². The summed E-state index contributed by atoms with van der Waals surface area (Å²) >= 11 is 4.06. The van der Waals surface area contributed by atoms with E-state index < -0.39 is 24.3 Å². The molecule has 0 aliphatic carbocycles. The van der Waals surface area contributed by atoms with Crippen LogP contribution < -0.4 is 4.52 Å². The van der Waals surface area contributed by atoms with Crippen molar-refractivity contribution in [1.29, 1.82) is 0 Å². The van der Waals surface area contributed by atoms with Crippen molar-refractivity contribution in [3.8, 4) is 17.6 Å². The molecule has 0 fully saturated rings. The van der Waals surface area contributed by atoms with Crippen LogP contribution in [0.4, 0.5) is 0 Å². The second kappa shape index (κ2) is 2.91. The highest BCUT2D eigenvalue weighted by molar-refractivity contribution is 8.06. The Morgan fingerprint density at radius 2 is 2.00 bits per heavy atom. The highest BCUT2D eigenvalue weighted by atomic mass is 32.5. The fourth-order valence-electron chi connectivity index (χ4n) is 0.435. The van der Waals surface area contributed by atoms with Crippen molar-refractivity contribution in [1.82, 2.24) is 5.16 Å². The lowest BCUT2D eigenvalue weighted by atomic mass is 10.6. The number of hydrogen-bond acceptors (Lipinski definition) is 6. The fraction of sp³-hybridized carbons (Fsp3) is 0. The molecule has 4 N–H and O–H groups in total. The van der Waals surface area contributed by atoms with Gasteiger partial charge in [0.2, 0.25) is 0 Å². The van der Waals surface area contributed by atoms with Crippen molar-refractivity contribution in [2.45, 2.75) is 0 Å². The quantitative estimate of drug-likeness (QED) is 0.493. The van der Waals surface area contributed by atoms with E-state index in [0.717, 1.165) is 0 Å². The molecule has 1 aromatic heterocycles. The van der Waals surface area contributed by atoms with Gasteiger partial charge in [-0.3, -0.25) is 0 Å². The standard InChI is InChI=1S/C3H4NO6PS/c5-1-2(4-9-3(1)6)10-11(7,8)12/h5-6H,(H2,7,8,12). The number of rotatable bonds is 2. The molecule has 0 saturated carbocycles. The van der Waals surface area contributed by atoms with Crippen LogP contribution in [0.5, 0.6) is 17.6 Å². The summed E-state index contributed by atoms with van der Waals surface area (Å²) in [5, 5.41) is 20.4. The van der Waals surface area contributed by atoms with Crippen LogP contribution >= 0.6 is 6.72 Å². The van der Waals surface area contributed by atoms with Crippen LogP contribution in [0, 0.1) is 0 Å². The molecule has 0 unspecified atom stereocenters. The molecule has 0 bridgehead atoms. The minimum atomic E-state index is -3.96. The first kappa shape index (κ1) is 9.27. The van der Waals surface area contributed by atoms with Gasteiger partial charge in [-0.25, -0.2) is 0 Å². The Morgan fingerprint density at radius 3 is 2.33 bits per heavy atom. The molecule has 68 valence electrons. The molecule has 9 heteroatoms. The maximum absolute atomic E-state index is 8.82. The highest BCUT2D eigenvalue weighted by Crippen LogP contribution is 2.44. The molecule has 1 heterocycles. The molecule has 0 spiro atoms. The first-order chi connectivity index (χ1) is 5.40. The van der Waals surface area contributed by atoms with Gasteiger partial charge in [-0.1, -0.05) is 0 Å². The van der Waals surface area contributed by atoms with Crippen molar-refractivity contribution >= 4 is 18.5 Å². The summed E-state index contributed by atoms with van der Waals surface area (Å²) < 4.78 is 8.20. The Hall–Kier alpha value is -0.820. The van der Waals surface area contributed by atoms with E-state index in [0.29, 0.717) is 0 Å². The summed E-state index contributed by atoms with van der Waals surface area (Å²) in [4.78, 5) is 17.2. The Balaban J connectivity index is 2.91. The average Bonchev–Trinajstić information content (AvgIpc) is 2.16. The summed E-state index contributed by atoms with van der Waals surface area (Å²) in [5.41, 5.74) is 0. The van der Waals surface area contributed by atoms with Gasteiger partial charge in [-0.2, -0.15) is 0 Å². The third-order valence-corrected chi connectivity index (χ3v) is 1.46. The van der Waals surface area contributed by atoms with Gasteiger partial charge in [0.15, 0.2) is 0 Å². The number of hydrogen-bond donors (Lipinski definition) is 4. The van der Waals surface area contributed by atoms with Gasteiger partial charge in [0.1, 0.15) is 0 Å². The zero-order valence-electron chi connectivity index (χ0n) is 5.41. The Morgan fingerprint density at radius 1 is 1.42 bits per heavy atom. The fourth-order valence-corrected chi connectivity index (χ4v) is 0.992. The average molecular weight is 213 g/mol. The van der Waals surface area contributed by atoms with E-state index in [2.05, 4.69) is 26.0 Å². The number of aromatic nitrogens is 1. The smallest absolute Gasteiger partial charge is 0.376 e. The van der Waals surface area contributed by atoms with Gasteiger partial charge in [0.25, 0.3) is 5.75 Å². The topological polar surface area (TPSA) is 116 Å². The van der Waals surface area contributed by atoms with Gasteiger partial charge >= 0.3 is 18.5 Å². The summed E-state index contributed by atoms with van der Waals surface area (Å²) in [5.74, 6) is -2.36. The summed E-state index contributed by atoms with van der Waals surface area (Å²) in [7, 11) is 0. The molecule has 1 aromatic rings. The molecular weight excluding hydrogens is 209 g/mol. The molecule has 0 aliphatic heterocycles. The van der Waals surface area contributed by atoms with Crippen molar-refractivity contribution in [2.24, 2.45) is 0 Å². The van der Waals surface area contributed by atoms with E-state index in [9.17, 15) is 0 Å². The molecule has 12 heavy (non-hydrogen) atoms. The van der Waals surface area contributed by atoms with Crippen LogP contribution in [0.2, 0.25) is 0 Å². The van der Waals surface area contributed by atoms with Crippen LogP contribution in [-0.2, 0) is 11.8 Å². The third kappa shape index (κ3) is 2.08. The van der Waals surface area contributed by atoms with Gasteiger partial charge in [-0.15, -0.1) is 0 Å². The molecule has 7 nitrogen and oxygen atoms in total. The van der Waals surface area contributed by atoms with Gasteiger partial charge in [-0.05, 0) is 5.16 Å². The molecule has 0 amide bonds. The summed E-state index contributed by atoms with van der Waals surface area (Å²) in [6.45, 7) is -3.96. The van der Waals surface area contributed by atoms with Gasteiger partial charge in [0, 0.05) is 11.8 Å². The molecule has 0 aromatic carbocycles. The SMILES string of the molecule is Oc1onc(OP(O)(O)=S)c1O. The van der Waals surface area contributed by atoms with Crippen LogP contribution in [0.3, 0.4) is 0 Å². The molecule has 0 saturated heterocycles. The van der Waals surface area contributed by atoms with Crippen LogP contribution in [0.15, 0.2) is 4.52 Å². The predicted octanol–water partition coefficient (Wildman–Crippen LogP) is -0.326. The van der Waals surface area contributed by atoms with Crippen molar-refractivity contribution in [3.63, 3.8) is 0 Å². The summed E-state index contributed by atoms with van der Waals surface area (Å²) in [6.07, 6.45) is 0. The van der Waals surface area contributed by atoms with Crippen LogP contribution in [0.25, 0.3) is 0 Å². The van der Waals surface area contributed by atoms with Crippen molar-refractivity contribution < 1.29 is 29.0 Å². The van der Waals surface area contributed by atoms with Gasteiger partial charge < -0.3 is 29.0 Å². The first-order valence-corrected chi connectivity index (χ1v) is 5.15. The largest absolute Gasteiger partial charge is 0.498 e. The number of aromatic hydroxyl groups is 2. The van der Waals surface area contributed by atoms with E-state index in [1.54, 1.807) is 0 Å². The van der Waals surface area contributed by atoms with Crippen LogP contribution in [-0.4, -0.2) is 25.2 Å². The lowest BCUT2D eigenvalue weighted by molar-refractivity contribution is 0.261. The maximum atomic E-state index is 8.82. The van der Waals surface area contributed by atoms with Crippen molar-refractivity contribution in [2.75, 3.05) is 0 Å². The van der Waals surface area contributed by atoms with E-state index in [1.807, 2.05) is 0 Å². The zero-order valence-corrected chi connectivity index (χ0v) is 7.12. The minimum absolute atomic E-state index is 0.652. The Kier molecular flexibility index (Phi) is 2.25. The van der Waals surface area contributed by atoms with Gasteiger partial charge in [0.05, 0.1) is 0 Å². The van der Waals surface area contributed by atoms with E-state index >= 15 is 0 Å². The molecule has 0 aliphatic rings. The lowest BCUT2D eigenvalue weighted by Gasteiger charge is -2.04. The second-order valence-electron chi connectivity index (χ2n) is 1.72. The second-order valence-corrected chi connectivity index (χ2v) is 4.31. The normalized spacial score (nSPS) is 11.5. The summed E-state index contributed by atoms with van der Waals surface area (Å²) in [6, 6.07) is 0. The van der Waals surface area contributed by atoms with E-state index in [-0.39, 0.29) is 0 Å². The first-order valence-electron chi connectivity index (χ1n) is 2.53. The van der Waals surface area contributed by atoms with E-state index in [1.165, 1.54) is 0 Å². The zero-order chi connectivity index (χ0) is 9.35. The molecule has 0 atom stereocenters. The molecular formula is C3H4NO6PS. The lowest BCUT2D eigenvalue weighted by Crippen LogP contribution is -1.89. The highest BCUT2D eigenvalue weighted by Gasteiger charge is 2.21. The van der Waals surface area contributed by atoms with Crippen LogP contribution in [0.1, 0.15) is 0 Å². The molecule has 0 radical (unpaired) electrons. The monoisotopic (exact) mass is 213 g/mol. The Labute approximate surface area is 71.1 Å². The predicted molar refractivity (Wildman–Crippen MR) is 39.2 cm³/mol. The number of nitrogens with zero attached hydrogens (tertiary/aromatic N) is 1. The van der Waals surface area contributed by atoms with Crippen molar-refractivity contribution in [3.05, 3.63) is 0 Å².